The van der Waals surface area contributed by atoms with Crippen LogP contribution < -0.4 is 10.6 Å². The molecule has 0 saturated heterocycles. The van der Waals surface area contributed by atoms with E-state index < -0.39 is 36.4 Å². The Morgan fingerprint density at radius 2 is 1.91 bits per heavy atom. The van der Waals surface area contributed by atoms with Gasteiger partial charge in [0.1, 0.15) is 12.1 Å². The summed E-state index contributed by atoms with van der Waals surface area (Å²) >= 11 is 11.7. The van der Waals surface area contributed by atoms with Gasteiger partial charge in [0.15, 0.2) is 0 Å². The van der Waals surface area contributed by atoms with Crippen molar-refractivity contribution in [2.75, 3.05) is 12.4 Å². The minimum Gasteiger partial charge on any atom is -0.481 e. The second kappa shape index (κ2) is 8.59. The lowest BCUT2D eigenvalue weighted by atomic mass is 10.2. The summed E-state index contributed by atoms with van der Waals surface area (Å²) in [7, 11) is 1.11. The van der Waals surface area contributed by atoms with E-state index >= 15 is 0 Å². The van der Waals surface area contributed by atoms with E-state index in [1.54, 1.807) is 25.1 Å². The van der Waals surface area contributed by atoms with E-state index in [4.69, 9.17) is 28.3 Å². The summed E-state index contributed by atoms with van der Waals surface area (Å²) in [6.07, 6.45) is -0.572. The van der Waals surface area contributed by atoms with Crippen molar-refractivity contribution >= 4 is 46.7 Å². The molecule has 0 aliphatic rings. The first-order valence-corrected chi connectivity index (χ1v) is 7.31. The fourth-order valence-corrected chi connectivity index (χ4v) is 2.01. The van der Waals surface area contributed by atoms with Crippen molar-refractivity contribution in [2.24, 2.45) is 0 Å². The average Bonchev–Trinajstić information content (AvgIpc) is 2.48. The molecule has 3 N–H and O–H groups in total. The third-order valence-corrected chi connectivity index (χ3v) is 3.62. The number of carbonyl (C=O) groups excluding carboxylic acids is 2. The number of carbonyl (C=O) groups is 3. The van der Waals surface area contributed by atoms with Crippen LogP contribution in [0.3, 0.4) is 0 Å². The molecule has 2 atom stereocenters. The smallest absolute Gasteiger partial charge is 0.328 e. The predicted molar refractivity (Wildman–Crippen MR) is 85.7 cm³/mol. The molecule has 1 rings (SSSR count). The maximum absolute atomic E-state index is 12.1. The molecule has 7 nitrogen and oxygen atoms in total. The second-order valence-electron chi connectivity index (χ2n) is 4.68. The van der Waals surface area contributed by atoms with Crippen LogP contribution in [0.5, 0.6) is 0 Å². The van der Waals surface area contributed by atoms with Gasteiger partial charge in [-0.25, -0.2) is 4.79 Å². The molecule has 0 heterocycles. The summed E-state index contributed by atoms with van der Waals surface area (Å²) in [5.41, 5.74) is 0.551. The molecule has 1 aromatic rings. The zero-order valence-electron chi connectivity index (χ0n) is 12.4. The second-order valence-corrected chi connectivity index (χ2v) is 5.49. The number of halogens is 2. The van der Waals surface area contributed by atoms with Crippen LogP contribution in [0.25, 0.3) is 0 Å². The van der Waals surface area contributed by atoms with Crippen molar-refractivity contribution < 1.29 is 24.2 Å². The lowest BCUT2D eigenvalue weighted by molar-refractivity contribution is -0.149. The summed E-state index contributed by atoms with van der Waals surface area (Å²) in [5, 5.41) is 14.7. The number of carboxylic acid groups (broad SMARTS) is 1. The molecule has 1 amide bonds. The number of amides is 1. The van der Waals surface area contributed by atoms with Crippen LogP contribution in [0.15, 0.2) is 18.2 Å². The Morgan fingerprint density at radius 3 is 2.43 bits per heavy atom. The molecule has 0 spiro atoms. The zero-order valence-corrected chi connectivity index (χ0v) is 13.9. The molecule has 0 bridgehead atoms. The number of ether oxygens (including phenoxy) is 1. The number of benzene rings is 1. The van der Waals surface area contributed by atoms with Gasteiger partial charge in [0, 0.05) is 5.69 Å². The number of rotatable bonds is 7. The predicted octanol–water partition coefficient (Wildman–Crippen LogP) is 1.93. The molecule has 0 fully saturated rings. The van der Waals surface area contributed by atoms with Gasteiger partial charge in [-0.2, -0.15) is 0 Å². The highest BCUT2D eigenvalue weighted by atomic mass is 35.5. The highest BCUT2D eigenvalue weighted by Gasteiger charge is 2.26. The van der Waals surface area contributed by atoms with Gasteiger partial charge in [-0.05, 0) is 25.1 Å². The third kappa shape index (κ3) is 5.96. The first-order valence-electron chi connectivity index (χ1n) is 6.56. The van der Waals surface area contributed by atoms with E-state index in [1.807, 2.05) is 0 Å². The SMILES string of the molecule is COC(=O)[C@H](CC(=O)O)NC(=O)C(C)Nc1ccc(Cl)c(Cl)c1. The fraction of sp³-hybridized carbons (Fsp3) is 0.357. The Labute approximate surface area is 142 Å². The molecule has 0 aromatic heterocycles. The van der Waals surface area contributed by atoms with Crippen molar-refractivity contribution in [3.8, 4) is 0 Å². The third-order valence-electron chi connectivity index (χ3n) is 2.88. The number of hydrogen-bond acceptors (Lipinski definition) is 5. The van der Waals surface area contributed by atoms with E-state index in [0.29, 0.717) is 15.7 Å². The van der Waals surface area contributed by atoms with Crippen LogP contribution in [0.4, 0.5) is 5.69 Å². The molecule has 0 radical (unpaired) electrons. The number of anilines is 1. The molecule has 1 aromatic carbocycles. The Bertz CT molecular complexity index is 609. The molecule has 9 heteroatoms. The van der Waals surface area contributed by atoms with Crippen LogP contribution in [0, 0.1) is 0 Å². The lowest BCUT2D eigenvalue weighted by Gasteiger charge is -2.19. The number of esters is 1. The van der Waals surface area contributed by atoms with Gasteiger partial charge >= 0.3 is 11.9 Å². The Kier molecular flexibility index (Phi) is 7.12. The molecule has 0 aliphatic carbocycles. The van der Waals surface area contributed by atoms with Crippen molar-refractivity contribution in [3.63, 3.8) is 0 Å². The number of nitrogens with one attached hydrogen (secondary N) is 2. The summed E-state index contributed by atoms with van der Waals surface area (Å²) in [6.45, 7) is 1.55. The molecule has 0 saturated carbocycles. The van der Waals surface area contributed by atoms with Crippen LogP contribution >= 0.6 is 23.2 Å². The van der Waals surface area contributed by atoms with Crippen molar-refractivity contribution in [2.45, 2.75) is 25.4 Å². The number of methoxy groups -OCH3 is 1. The highest BCUT2D eigenvalue weighted by molar-refractivity contribution is 6.42. The molecular weight excluding hydrogens is 347 g/mol. The maximum Gasteiger partial charge on any atom is 0.328 e. The quantitative estimate of drug-likeness (QED) is 0.640. The van der Waals surface area contributed by atoms with E-state index in [-0.39, 0.29) is 0 Å². The van der Waals surface area contributed by atoms with Crippen LogP contribution in [0.1, 0.15) is 13.3 Å². The Morgan fingerprint density at radius 1 is 1.26 bits per heavy atom. The molecule has 1 unspecified atom stereocenters. The average molecular weight is 363 g/mol. The number of hydrogen-bond donors (Lipinski definition) is 3. The Balaban J connectivity index is 2.72. The normalized spacial score (nSPS) is 12.9. The summed E-state index contributed by atoms with van der Waals surface area (Å²) in [5.74, 6) is -2.62. The summed E-state index contributed by atoms with van der Waals surface area (Å²) < 4.78 is 4.47. The summed E-state index contributed by atoms with van der Waals surface area (Å²) in [4.78, 5) is 34.3. The van der Waals surface area contributed by atoms with Gasteiger partial charge in [-0.15, -0.1) is 0 Å². The van der Waals surface area contributed by atoms with E-state index in [2.05, 4.69) is 15.4 Å². The molecule has 23 heavy (non-hydrogen) atoms. The summed E-state index contributed by atoms with van der Waals surface area (Å²) in [6, 6.07) is 2.74. The fourth-order valence-electron chi connectivity index (χ4n) is 1.71. The van der Waals surface area contributed by atoms with E-state index in [0.717, 1.165) is 7.11 Å². The standard InChI is InChI=1S/C14H16Cl2N2O5/c1-7(17-8-3-4-9(15)10(16)5-8)13(21)18-11(6-12(19)20)14(22)23-2/h3-5,7,11,17H,6H2,1-2H3,(H,18,21)(H,19,20)/t7?,11-/m0/s1. The first-order chi connectivity index (χ1) is 10.7. The van der Waals surface area contributed by atoms with Crippen LogP contribution in [-0.4, -0.2) is 42.1 Å². The van der Waals surface area contributed by atoms with Crippen molar-refractivity contribution in [1.29, 1.82) is 0 Å². The van der Waals surface area contributed by atoms with Crippen molar-refractivity contribution in [3.05, 3.63) is 28.2 Å². The van der Waals surface area contributed by atoms with Crippen LogP contribution in [0.2, 0.25) is 10.0 Å². The van der Waals surface area contributed by atoms with Crippen molar-refractivity contribution in [1.82, 2.24) is 5.32 Å². The monoisotopic (exact) mass is 362 g/mol. The topological polar surface area (TPSA) is 105 Å². The van der Waals surface area contributed by atoms with Gasteiger partial charge in [-0.3, -0.25) is 9.59 Å². The van der Waals surface area contributed by atoms with Gasteiger partial charge < -0.3 is 20.5 Å². The van der Waals surface area contributed by atoms with Gasteiger partial charge in [0.2, 0.25) is 5.91 Å². The number of aliphatic carboxylic acids is 1. The minimum atomic E-state index is -1.26. The van der Waals surface area contributed by atoms with E-state index in [9.17, 15) is 14.4 Å². The van der Waals surface area contributed by atoms with E-state index in [1.165, 1.54) is 0 Å². The molecule has 0 aliphatic heterocycles. The van der Waals surface area contributed by atoms with Gasteiger partial charge in [-0.1, -0.05) is 23.2 Å². The van der Waals surface area contributed by atoms with Gasteiger partial charge in [0.25, 0.3) is 0 Å². The van der Waals surface area contributed by atoms with Gasteiger partial charge in [0.05, 0.1) is 23.6 Å². The molecule has 126 valence electrons. The zero-order chi connectivity index (χ0) is 17.6. The van der Waals surface area contributed by atoms with Crippen LogP contribution in [-0.2, 0) is 19.1 Å². The first kappa shape index (κ1) is 19.1. The lowest BCUT2D eigenvalue weighted by Crippen LogP contribution is -2.48. The number of carboxylic acids is 1. The minimum absolute atomic E-state index is 0.322. The largest absolute Gasteiger partial charge is 0.481 e. The highest BCUT2D eigenvalue weighted by Crippen LogP contribution is 2.25. The Hall–Kier alpha value is -1.99. The maximum atomic E-state index is 12.1. The molecular formula is C14H16Cl2N2O5.